The number of halogens is 1. The molecular formula is C4H3IN2O2. The molecule has 9 heavy (non-hydrogen) atoms. The lowest BCUT2D eigenvalue weighted by Crippen LogP contribution is -1.90. The van der Waals surface area contributed by atoms with E-state index in [4.69, 9.17) is 0 Å². The zero-order valence-corrected chi connectivity index (χ0v) is 6.48. The predicted octanol–water partition coefficient (Wildman–Crippen LogP) is 1.59. The summed E-state index contributed by atoms with van der Waals surface area (Å²) in [6, 6.07) is 3.08. The molecule has 0 saturated carbocycles. The molecule has 48 valence electrons. The zero-order chi connectivity index (χ0) is 6.85. The summed E-state index contributed by atoms with van der Waals surface area (Å²) in [5.74, 6) is 0.107. The second kappa shape index (κ2) is 2.34. The topological polar surface area (TPSA) is 48.1 Å². The van der Waals surface area contributed by atoms with Gasteiger partial charge in [0.1, 0.15) is 6.20 Å². The molecule has 0 unspecified atom stereocenters. The van der Waals surface area contributed by atoms with E-state index < -0.39 is 4.92 Å². The molecule has 0 fully saturated rings. The van der Waals surface area contributed by atoms with Crippen molar-refractivity contribution in [2.45, 2.75) is 0 Å². The maximum absolute atomic E-state index is 10.1. The molecule has 0 aliphatic carbocycles. The van der Waals surface area contributed by atoms with Crippen molar-refractivity contribution in [3.05, 3.63) is 28.4 Å². The molecule has 1 aromatic rings. The Morgan fingerprint density at radius 1 is 1.78 bits per heavy atom. The minimum atomic E-state index is -0.424. The van der Waals surface area contributed by atoms with Crippen molar-refractivity contribution < 1.29 is 4.92 Å². The number of nitro groups is 1. The highest BCUT2D eigenvalue weighted by atomic mass is 127. The molecular weight excluding hydrogens is 235 g/mol. The third kappa shape index (κ3) is 1.21. The lowest BCUT2D eigenvalue weighted by Gasteiger charge is -1.89. The van der Waals surface area contributed by atoms with Gasteiger partial charge < -0.3 is 10.1 Å². The normalized spacial score (nSPS) is 9.44. The molecule has 0 spiro atoms. The molecule has 0 aromatic carbocycles. The Bertz CT molecular complexity index is 232. The first kappa shape index (κ1) is 6.53. The van der Waals surface area contributed by atoms with Crippen molar-refractivity contribution >= 4 is 28.7 Å². The van der Waals surface area contributed by atoms with Crippen LogP contribution in [0.4, 0.5) is 5.82 Å². The van der Waals surface area contributed by atoms with E-state index in [1.807, 2.05) is 22.9 Å². The molecule has 0 saturated heterocycles. The van der Waals surface area contributed by atoms with E-state index in [1.165, 1.54) is 8.85 Å². The van der Waals surface area contributed by atoms with Crippen LogP contribution in [-0.2, 0) is 0 Å². The van der Waals surface area contributed by atoms with Gasteiger partial charge in [-0.1, -0.05) is 0 Å². The zero-order valence-electron chi connectivity index (χ0n) is 4.32. The molecule has 0 atom stereocenters. The summed E-state index contributed by atoms with van der Waals surface area (Å²) in [5, 5.41) is 10.1. The largest absolute Gasteiger partial charge is 0.358 e. The van der Waals surface area contributed by atoms with Gasteiger partial charge in [0.2, 0.25) is 22.9 Å². The van der Waals surface area contributed by atoms with Gasteiger partial charge in [-0.05, 0) is 11.0 Å². The fourth-order valence-electron chi connectivity index (χ4n) is 0.491. The summed E-state index contributed by atoms with van der Waals surface area (Å²) in [6.07, 6.45) is 1.62. The van der Waals surface area contributed by atoms with E-state index in [-0.39, 0.29) is 5.82 Å². The Labute approximate surface area is 65.1 Å². The highest BCUT2D eigenvalue weighted by molar-refractivity contribution is 14.1. The molecule has 5 heteroatoms. The Kier molecular flexibility index (Phi) is 1.70. The van der Waals surface area contributed by atoms with E-state index in [1.54, 1.807) is 12.3 Å². The standard InChI is InChI=1S/C4H3IN2O2/c5-6-3-1-2-4(6)7(8)9/h1-3H. The highest BCUT2D eigenvalue weighted by Crippen LogP contribution is 2.13. The van der Waals surface area contributed by atoms with Crippen molar-refractivity contribution in [3.63, 3.8) is 0 Å². The minimum absolute atomic E-state index is 0.107. The average molecular weight is 238 g/mol. The molecule has 0 aliphatic heterocycles. The first-order chi connectivity index (χ1) is 4.22. The molecule has 4 nitrogen and oxygen atoms in total. The van der Waals surface area contributed by atoms with Gasteiger partial charge in [-0.2, -0.15) is 2.78 Å². The van der Waals surface area contributed by atoms with Crippen LogP contribution in [0, 0.1) is 10.1 Å². The Morgan fingerprint density at radius 2 is 2.44 bits per heavy atom. The van der Waals surface area contributed by atoms with Crippen molar-refractivity contribution in [3.8, 4) is 0 Å². The third-order valence-corrected chi connectivity index (χ3v) is 1.68. The number of rotatable bonds is 1. The number of aromatic nitrogens is 1. The first-order valence-electron chi connectivity index (χ1n) is 2.19. The van der Waals surface area contributed by atoms with Crippen LogP contribution in [-0.4, -0.2) is 7.70 Å². The van der Waals surface area contributed by atoms with Crippen molar-refractivity contribution in [1.82, 2.24) is 2.78 Å². The van der Waals surface area contributed by atoms with E-state index in [2.05, 4.69) is 0 Å². The number of hydrogen-bond acceptors (Lipinski definition) is 2. The monoisotopic (exact) mass is 238 g/mol. The lowest BCUT2D eigenvalue weighted by molar-refractivity contribution is -0.389. The molecule has 1 aromatic heterocycles. The van der Waals surface area contributed by atoms with E-state index in [9.17, 15) is 10.1 Å². The minimum Gasteiger partial charge on any atom is -0.358 e. The van der Waals surface area contributed by atoms with Crippen LogP contribution in [0.15, 0.2) is 18.3 Å². The van der Waals surface area contributed by atoms with Crippen LogP contribution >= 0.6 is 22.9 Å². The van der Waals surface area contributed by atoms with E-state index in [0.717, 1.165) is 0 Å². The quantitative estimate of drug-likeness (QED) is 0.423. The summed E-state index contributed by atoms with van der Waals surface area (Å²) in [4.78, 5) is 9.64. The predicted molar refractivity (Wildman–Crippen MR) is 40.5 cm³/mol. The van der Waals surface area contributed by atoms with Gasteiger partial charge in [-0.25, -0.2) is 0 Å². The van der Waals surface area contributed by atoms with Gasteiger partial charge in [-0.3, -0.25) is 0 Å². The van der Waals surface area contributed by atoms with Gasteiger partial charge in [0.05, 0.1) is 0 Å². The van der Waals surface area contributed by atoms with Gasteiger partial charge in [-0.15, -0.1) is 0 Å². The second-order valence-electron chi connectivity index (χ2n) is 1.43. The Hall–Kier alpha value is -0.590. The van der Waals surface area contributed by atoms with Crippen LogP contribution in [0.1, 0.15) is 0 Å². The van der Waals surface area contributed by atoms with E-state index in [0.29, 0.717) is 0 Å². The fourth-order valence-corrected chi connectivity index (χ4v) is 1.01. The maximum Gasteiger partial charge on any atom is 0.331 e. The van der Waals surface area contributed by atoms with Gasteiger partial charge in [0.25, 0.3) is 0 Å². The highest BCUT2D eigenvalue weighted by Gasteiger charge is 2.06. The Morgan fingerprint density at radius 3 is 2.67 bits per heavy atom. The van der Waals surface area contributed by atoms with Crippen LogP contribution in [0.3, 0.4) is 0 Å². The van der Waals surface area contributed by atoms with Crippen LogP contribution < -0.4 is 0 Å². The van der Waals surface area contributed by atoms with Crippen LogP contribution in [0.25, 0.3) is 0 Å². The molecule has 1 rings (SSSR count). The number of hydrogen-bond donors (Lipinski definition) is 0. The molecule has 0 bridgehead atoms. The van der Waals surface area contributed by atoms with Crippen molar-refractivity contribution in [2.24, 2.45) is 0 Å². The third-order valence-electron chi connectivity index (χ3n) is 0.868. The molecule has 0 amide bonds. The summed E-state index contributed by atoms with van der Waals surface area (Å²) in [7, 11) is 0. The lowest BCUT2D eigenvalue weighted by atomic mass is 10.6. The van der Waals surface area contributed by atoms with Crippen LogP contribution in [0.2, 0.25) is 0 Å². The maximum atomic E-state index is 10.1. The van der Waals surface area contributed by atoms with Crippen molar-refractivity contribution in [2.75, 3.05) is 0 Å². The van der Waals surface area contributed by atoms with Gasteiger partial charge >= 0.3 is 5.82 Å². The molecule has 0 radical (unpaired) electrons. The molecule has 1 heterocycles. The van der Waals surface area contributed by atoms with Gasteiger partial charge in [0.15, 0.2) is 0 Å². The van der Waals surface area contributed by atoms with Crippen molar-refractivity contribution in [1.29, 1.82) is 0 Å². The number of nitrogens with zero attached hydrogens (tertiary/aromatic N) is 2. The summed E-state index contributed by atoms with van der Waals surface area (Å²) in [6.45, 7) is 0. The fraction of sp³-hybridized carbons (Fsp3) is 0. The summed E-state index contributed by atoms with van der Waals surface area (Å²) in [5.41, 5.74) is 0. The molecule has 0 aliphatic rings. The SMILES string of the molecule is O=[N+]([O-])c1cccn1I. The molecule has 0 N–H and O–H groups in total. The second-order valence-corrected chi connectivity index (χ2v) is 2.47. The summed E-state index contributed by atoms with van der Waals surface area (Å²) >= 11 is 1.85. The Balaban J connectivity index is 3.08. The first-order valence-corrected chi connectivity index (χ1v) is 3.16. The van der Waals surface area contributed by atoms with E-state index >= 15 is 0 Å². The summed E-state index contributed by atoms with van der Waals surface area (Å²) < 4.78 is 1.43. The van der Waals surface area contributed by atoms with Crippen LogP contribution in [0.5, 0.6) is 0 Å². The smallest absolute Gasteiger partial charge is 0.331 e. The average Bonchev–Trinajstić information content (AvgIpc) is 2.13. The van der Waals surface area contributed by atoms with Gasteiger partial charge in [0, 0.05) is 6.07 Å².